The molecule has 3 N–H and O–H groups in total. The maximum absolute atomic E-state index is 12.9. The second-order valence-corrected chi connectivity index (χ2v) is 6.67. The minimum absolute atomic E-state index is 0.0199. The summed E-state index contributed by atoms with van der Waals surface area (Å²) < 4.78 is 44.2. The van der Waals surface area contributed by atoms with Gasteiger partial charge in [0.05, 0.1) is 24.8 Å². The molecule has 4 rings (SSSR count). The molecule has 0 saturated carbocycles. The van der Waals surface area contributed by atoms with Crippen LogP contribution in [-0.4, -0.2) is 52.6 Å². The number of aromatic nitrogens is 3. The molecule has 0 aliphatic carbocycles. The fraction of sp³-hybridized carbons (Fsp3) is 0.316. The average molecular weight is 405 g/mol. The third-order valence-electron chi connectivity index (χ3n) is 4.64. The zero-order valence-corrected chi connectivity index (χ0v) is 15.2. The molecule has 152 valence electrons. The van der Waals surface area contributed by atoms with Crippen molar-refractivity contribution in [2.45, 2.75) is 12.2 Å². The highest BCUT2D eigenvalue weighted by atomic mass is 19.4. The zero-order chi connectivity index (χ0) is 20.4. The number of anilines is 1. The number of fused-ring (bicyclic) bond motifs is 1. The number of phenols is 1. The molecule has 0 bridgehead atoms. The summed E-state index contributed by atoms with van der Waals surface area (Å²) in [6, 6.07) is 4.49. The molecule has 10 heteroatoms. The summed E-state index contributed by atoms with van der Waals surface area (Å²) in [5, 5.41) is 26.4. The number of hydrogen-bond acceptors (Lipinski definition) is 7. The summed E-state index contributed by atoms with van der Waals surface area (Å²) in [5.74, 6) is -0.0174. The number of benzene rings is 1. The Balaban J connectivity index is 1.74. The molecular formula is C19H18F3N5O2. The Morgan fingerprint density at radius 2 is 2.03 bits per heavy atom. The van der Waals surface area contributed by atoms with Crippen molar-refractivity contribution < 1.29 is 23.0 Å². The quantitative estimate of drug-likeness (QED) is 0.617. The molecule has 1 aliphatic rings. The van der Waals surface area contributed by atoms with Crippen molar-refractivity contribution in [1.29, 1.82) is 0 Å². The summed E-state index contributed by atoms with van der Waals surface area (Å²) >= 11 is 0. The molecule has 0 radical (unpaired) electrons. The number of phenolic OH excluding ortho intramolecular Hbond substituents is 1. The summed E-state index contributed by atoms with van der Waals surface area (Å²) in [6.45, 7) is 2.58. The molecule has 0 amide bonds. The zero-order valence-electron chi connectivity index (χ0n) is 15.2. The molecule has 0 spiro atoms. The molecule has 29 heavy (non-hydrogen) atoms. The second-order valence-electron chi connectivity index (χ2n) is 6.67. The van der Waals surface area contributed by atoms with Crippen molar-refractivity contribution in [3.05, 3.63) is 42.2 Å². The summed E-state index contributed by atoms with van der Waals surface area (Å²) in [6.07, 6.45) is -1.41. The van der Waals surface area contributed by atoms with Gasteiger partial charge in [-0.15, -0.1) is 10.2 Å². The Labute approximate surface area is 163 Å². The van der Waals surface area contributed by atoms with Crippen LogP contribution in [0, 0.1) is 0 Å². The SMILES string of the molecule is Oc1cc(C(F)(F)F)ccc1-c1nnc(NC2CNCCOC2)c2ccncc12. The Morgan fingerprint density at radius 3 is 2.83 bits per heavy atom. The molecule has 1 fully saturated rings. The number of halogens is 3. The lowest BCUT2D eigenvalue weighted by atomic mass is 10.0. The highest BCUT2D eigenvalue weighted by molar-refractivity contribution is 6.00. The van der Waals surface area contributed by atoms with E-state index < -0.39 is 17.5 Å². The predicted octanol–water partition coefficient (Wildman–Crippen LogP) is 2.82. The van der Waals surface area contributed by atoms with Crippen LogP contribution in [0.5, 0.6) is 5.75 Å². The Morgan fingerprint density at radius 1 is 1.17 bits per heavy atom. The maximum Gasteiger partial charge on any atom is 0.416 e. The van der Waals surface area contributed by atoms with Gasteiger partial charge in [-0.2, -0.15) is 13.2 Å². The molecule has 1 atom stereocenters. The van der Waals surface area contributed by atoms with E-state index in [9.17, 15) is 18.3 Å². The number of pyridine rings is 1. The summed E-state index contributed by atoms with van der Waals surface area (Å²) in [5.41, 5.74) is -0.539. The van der Waals surface area contributed by atoms with E-state index in [0.29, 0.717) is 42.4 Å². The van der Waals surface area contributed by atoms with Crippen molar-refractivity contribution in [2.75, 3.05) is 31.6 Å². The molecule has 1 aliphatic heterocycles. The van der Waals surface area contributed by atoms with Gasteiger partial charge in [-0.1, -0.05) is 0 Å². The van der Waals surface area contributed by atoms with Gasteiger partial charge in [-0.25, -0.2) is 0 Å². The Hall–Kier alpha value is -2.98. The number of hydrogen-bond donors (Lipinski definition) is 3. The van der Waals surface area contributed by atoms with Gasteiger partial charge in [-0.05, 0) is 24.3 Å². The lowest BCUT2D eigenvalue weighted by Gasteiger charge is -2.18. The number of aromatic hydroxyl groups is 1. The number of ether oxygens (including phenoxy) is 1. The first-order valence-electron chi connectivity index (χ1n) is 8.99. The fourth-order valence-corrected chi connectivity index (χ4v) is 3.20. The molecule has 1 aromatic carbocycles. The number of alkyl halides is 3. The van der Waals surface area contributed by atoms with E-state index in [2.05, 4.69) is 25.8 Å². The van der Waals surface area contributed by atoms with Gasteiger partial charge in [0.2, 0.25) is 0 Å². The highest BCUT2D eigenvalue weighted by Gasteiger charge is 2.31. The number of rotatable bonds is 3. The van der Waals surface area contributed by atoms with E-state index in [1.54, 1.807) is 18.5 Å². The van der Waals surface area contributed by atoms with Gasteiger partial charge in [-0.3, -0.25) is 4.98 Å². The Kier molecular flexibility index (Phi) is 5.20. The molecular weight excluding hydrogens is 387 g/mol. The van der Waals surface area contributed by atoms with Gasteiger partial charge in [0.1, 0.15) is 11.4 Å². The summed E-state index contributed by atoms with van der Waals surface area (Å²) in [7, 11) is 0. The smallest absolute Gasteiger partial charge is 0.416 e. The van der Waals surface area contributed by atoms with Crippen LogP contribution in [0.2, 0.25) is 0 Å². The van der Waals surface area contributed by atoms with Crippen molar-refractivity contribution in [2.24, 2.45) is 0 Å². The fourth-order valence-electron chi connectivity index (χ4n) is 3.20. The predicted molar refractivity (Wildman–Crippen MR) is 101 cm³/mol. The topological polar surface area (TPSA) is 92.2 Å². The van der Waals surface area contributed by atoms with Gasteiger partial charge in [0, 0.05) is 41.8 Å². The second kappa shape index (κ2) is 7.80. The van der Waals surface area contributed by atoms with Gasteiger partial charge >= 0.3 is 6.18 Å². The minimum atomic E-state index is -4.55. The third-order valence-corrected chi connectivity index (χ3v) is 4.64. The van der Waals surface area contributed by atoms with Crippen LogP contribution in [0.1, 0.15) is 5.56 Å². The molecule has 2 aromatic heterocycles. The minimum Gasteiger partial charge on any atom is -0.507 e. The van der Waals surface area contributed by atoms with Crippen LogP contribution >= 0.6 is 0 Å². The molecule has 1 unspecified atom stereocenters. The van der Waals surface area contributed by atoms with Crippen molar-refractivity contribution >= 4 is 16.6 Å². The molecule has 7 nitrogen and oxygen atoms in total. The van der Waals surface area contributed by atoms with Gasteiger partial charge in [0.25, 0.3) is 0 Å². The van der Waals surface area contributed by atoms with Crippen molar-refractivity contribution in [1.82, 2.24) is 20.5 Å². The lowest BCUT2D eigenvalue weighted by Crippen LogP contribution is -2.34. The van der Waals surface area contributed by atoms with E-state index >= 15 is 0 Å². The first-order valence-corrected chi connectivity index (χ1v) is 8.99. The molecule has 3 aromatic rings. The van der Waals surface area contributed by atoms with Crippen molar-refractivity contribution in [3.63, 3.8) is 0 Å². The van der Waals surface area contributed by atoms with E-state index in [-0.39, 0.29) is 17.3 Å². The number of nitrogens with one attached hydrogen (secondary N) is 2. The van der Waals surface area contributed by atoms with Gasteiger partial charge < -0.3 is 20.5 Å². The molecule has 3 heterocycles. The first-order chi connectivity index (χ1) is 13.9. The van der Waals surface area contributed by atoms with E-state index in [1.165, 1.54) is 6.07 Å². The molecule has 1 saturated heterocycles. The van der Waals surface area contributed by atoms with Crippen LogP contribution in [0.3, 0.4) is 0 Å². The van der Waals surface area contributed by atoms with Crippen molar-refractivity contribution in [3.8, 4) is 17.0 Å². The van der Waals surface area contributed by atoms with E-state index in [1.807, 2.05) is 0 Å². The van der Waals surface area contributed by atoms with E-state index in [0.717, 1.165) is 12.6 Å². The van der Waals surface area contributed by atoms with Crippen LogP contribution < -0.4 is 10.6 Å². The van der Waals surface area contributed by atoms with Crippen LogP contribution in [0.4, 0.5) is 19.0 Å². The number of nitrogens with zero attached hydrogens (tertiary/aromatic N) is 3. The summed E-state index contributed by atoms with van der Waals surface area (Å²) in [4.78, 5) is 4.09. The van der Waals surface area contributed by atoms with Gasteiger partial charge in [0.15, 0.2) is 5.82 Å². The Bertz CT molecular complexity index is 1020. The normalized spacial score (nSPS) is 17.8. The van der Waals surface area contributed by atoms with Crippen LogP contribution in [0.25, 0.3) is 22.0 Å². The van der Waals surface area contributed by atoms with E-state index in [4.69, 9.17) is 4.74 Å². The first kappa shape index (κ1) is 19.3. The van der Waals surface area contributed by atoms with Crippen LogP contribution in [-0.2, 0) is 10.9 Å². The monoisotopic (exact) mass is 405 g/mol. The maximum atomic E-state index is 12.9. The van der Waals surface area contributed by atoms with Crippen LogP contribution in [0.15, 0.2) is 36.7 Å². The largest absolute Gasteiger partial charge is 0.507 e. The lowest BCUT2D eigenvalue weighted by molar-refractivity contribution is -0.137. The standard InChI is InChI=1S/C19H18F3N5O2/c20-19(21,22)11-1-2-14(16(28)7-11)17-15-9-23-4-3-13(15)18(27-26-17)25-12-8-24-5-6-29-10-12/h1-4,7,9,12,24,28H,5-6,8,10H2,(H,25,27). The third kappa shape index (κ3) is 4.08. The highest BCUT2D eigenvalue weighted by Crippen LogP contribution is 2.38. The average Bonchev–Trinajstić information content (AvgIpc) is 2.96.